The van der Waals surface area contributed by atoms with E-state index < -0.39 is 23.5 Å². The molecule has 7 nitrogen and oxygen atoms in total. The lowest BCUT2D eigenvalue weighted by Gasteiger charge is -2.42. The van der Waals surface area contributed by atoms with Gasteiger partial charge in [0, 0.05) is 13.0 Å². The molecule has 0 saturated heterocycles. The maximum absolute atomic E-state index is 14.4. The van der Waals surface area contributed by atoms with Crippen LogP contribution in [-0.2, 0) is 33.8 Å². The van der Waals surface area contributed by atoms with Crippen LogP contribution in [0.3, 0.4) is 0 Å². The summed E-state index contributed by atoms with van der Waals surface area (Å²) in [6.45, 7) is 12.3. The maximum Gasteiger partial charge on any atom is 0.246 e. The molecule has 2 aliphatic rings. The Kier molecular flexibility index (Phi) is 9.58. The van der Waals surface area contributed by atoms with Crippen molar-refractivity contribution in [2.75, 3.05) is 7.05 Å². The number of hydrogen-bond acceptors (Lipinski definition) is 4. The summed E-state index contributed by atoms with van der Waals surface area (Å²) in [5.41, 5.74) is 5.31. The molecule has 0 aromatic heterocycles. The molecule has 0 spiro atoms. The summed E-state index contributed by atoms with van der Waals surface area (Å²) in [5.74, 6) is -0.198. The van der Waals surface area contributed by atoms with Crippen molar-refractivity contribution in [2.24, 2.45) is 5.41 Å². The maximum atomic E-state index is 14.4. The fourth-order valence-electron chi connectivity index (χ4n) is 6.00. The average Bonchev–Trinajstić information content (AvgIpc) is 2.97. The molecule has 1 aliphatic heterocycles. The topological polar surface area (TPSA) is 90.5 Å². The molecule has 3 N–H and O–H groups in total. The predicted molar refractivity (Wildman–Crippen MR) is 163 cm³/mol. The zero-order valence-corrected chi connectivity index (χ0v) is 25.8. The number of nitrogens with zero attached hydrogens (tertiary/aromatic N) is 1. The fraction of sp³-hybridized carbons (Fsp3) is 0.559. The van der Waals surface area contributed by atoms with Gasteiger partial charge in [-0.05, 0) is 78.8 Å². The van der Waals surface area contributed by atoms with Gasteiger partial charge in [0.2, 0.25) is 17.7 Å². The Hall–Kier alpha value is -3.19. The van der Waals surface area contributed by atoms with Gasteiger partial charge in [0.25, 0.3) is 0 Å². The number of nitrogens with one attached hydrogen (secondary N) is 3. The number of carbonyl (C=O) groups excluding carboxylic acids is 3. The monoisotopic (exact) mass is 560 g/mol. The largest absolute Gasteiger partial charge is 0.347 e. The molecular weight excluding hydrogens is 512 g/mol. The molecule has 4 rings (SSSR count). The molecule has 1 heterocycles. The van der Waals surface area contributed by atoms with Crippen LogP contribution < -0.4 is 16.0 Å². The van der Waals surface area contributed by atoms with Crippen LogP contribution in [0.1, 0.15) is 101 Å². The highest BCUT2D eigenvalue weighted by Crippen LogP contribution is 2.33. The molecule has 3 amide bonds. The molecule has 2 aromatic rings. The first-order valence-electron chi connectivity index (χ1n) is 15.2. The Morgan fingerprint density at radius 1 is 1.02 bits per heavy atom. The Labute approximate surface area is 245 Å². The molecule has 7 heteroatoms. The van der Waals surface area contributed by atoms with E-state index in [1.807, 2.05) is 32.9 Å². The number of fused-ring (bicyclic) bond motifs is 2. The summed E-state index contributed by atoms with van der Waals surface area (Å²) in [6.07, 6.45) is 4.37. The number of benzene rings is 2. The van der Waals surface area contributed by atoms with E-state index in [2.05, 4.69) is 60.1 Å². The third-order valence-electron chi connectivity index (χ3n) is 9.04. The van der Waals surface area contributed by atoms with Gasteiger partial charge < -0.3 is 20.9 Å². The minimum Gasteiger partial charge on any atom is -0.347 e. The van der Waals surface area contributed by atoms with E-state index in [1.54, 1.807) is 18.9 Å². The molecule has 222 valence electrons. The second-order valence-electron chi connectivity index (χ2n) is 13.0. The van der Waals surface area contributed by atoms with E-state index in [9.17, 15) is 14.4 Å². The number of hydrogen-bond donors (Lipinski definition) is 3. The van der Waals surface area contributed by atoms with Crippen molar-refractivity contribution >= 4 is 17.7 Å². The summed E-state index contributed by atoms with van der Waals surface area (Å²) >= 11 is 0. The highest BCUT2D eigenvalue weighted by atomic mass is 16.2. The van der Waals surface area contributed by atoms with Crippen LogP contribution in [-0.4, -0.2) is 47.8 Å². The SMILES string of the molecule is CCC(C)c1ccc2c(c1)CN(C(=O)[C@@H](NC(=O)[C@H](C)NC)C(C)(C)C)[C@H](C(=O)N[C@@H]1CCCc3ccccc31)C2. The van der Waals surface area contributed by atoms with Crippen LogP contribution in [0.5, 0.6) is 0 Å². The van der Waals surface area contributed by atoms with Gasteiger partial charge in [-0.1, -0.05) is 77.1 Å². The molecule has 0 fully saturated rings. The third-order valence-corrected chi connectivity index (χ3v) is 9.04. The van der Waals surface area contributed by atoms with Crippen LogP contribution >= 0.6 is 0 Å². The van der Waals surface area contributed by atoms with E-state index in [0.29, 0.717) is 18.9 Å². The van der Waals surface area contributed by atoms with Gasteiger partial charge in [-0.15, -0.1) is 0 Å². The number of aryl methyl sites for hydroxylation is 1. The molecule has 41 heavy (non-hydrogen) atoms. The van der Waals surface area contributed by atoms with Gasteiger partial charge in [-0.25, -0.2) is 0 Å². The molecule has 1 aliphatic carbocycles. The Balaban J connectivity index is 1.68. The summed E-state index contributed by atoms with van der Waals surface area (Å²) in [7, 11) is 1.72. The lowest BCUT2D eigenvalue weighted by Crippen LogP contribution is -2.62. The molecule has 0 saturated carbocycles. The van der Waals surface area contributed by atoms with Gasteiger partial charge in [-0.2, -0.15) is 0 Å². The number of carbonyl (C=O) groups is 3. The smallest absolute Gasteiger partial charge is 0.246 e. The minimum absolute atomic E-state index is 0.0758. The van der Waals surface area contributed by atoms with E-state index in [0.717, 1.165) is 36.8 Å². The van der Waals surface area contributed by atoms with E-state index in [-0.39, 0.29) is 23.8 Å². The molecular formula is C34H48N4O3. The Morgan fingerprint density at radius 2 is 1.76 bits per heavy atom. The van der Waals surface area contributed by atoms with Crippen molar-refractivity contribution in [2.45, 2.75) is 110 Å². The van der Waals surface area contributed by atoms with Gasteiger partial charge in [0.05, 0.1) is 12.1 Å². The van der Waals surface area contributed by atoms with Gasteiger partial charge >= 0.3 is 0 Å². The van der Waals surface area contributed by atoms with Crippen molar-refractivity contribution in [1.82, 2.24) is 20.9 Å². The molecule has 1 unspecified atom stereocenters. The second kappa shape index (κ2) is 12.8. The van der Waals surface area contributed by atoms with Crippen LogP contribution in [0.2, 0.25) is 0 Å². The molecule has 0 radical (unpaired) electrons. The molecule has 0 bridgehead atoms. The third kappa shape index (κ3) is 6.83. The van der Waals surface area contributed by atoms with Crippen LogP contribution in [0.25, 0.3) is 0 Å². The van der Waals surface area contributed by atoms with Gasteiger partial charge in [-0.3, -0.25) is 14.4 Å². The first kappa shape index (κ1) is 30.8. The number of amides is 3. The standard InChI is InChI=1S/C34H48N4O3/c1-8-21(2)24-16-17-25-19-29(32(40)36-28-15-11-13-23-12-9-10-14-27(23)28)38(20-26(25)18-24)33(41)30(34(4,5)6)37-31(39)22(3)35-7/h9-10,12,14,16-18,21-22,28-30,35H,8,11,13,15,19-20H2,1-7H3,(H,36,40)(H,37,39)/t21?,22-,28+,29-,30+/m0/s1. The van der Waals surface area contributed by atoms with Crippen molar-refractivity contribution in [1.29, 1.82) is 0 Å². The predicted octanol–water partition coefficient (Wildman–Crippen LogP) is 4.79. The number of rotatable bonds is 8. The highest BCUT2D eigenvalue weighted by Gasteiger charge is 2.43. The van der Waals surface area contributed by atoms with Crippen molar-refractivity contribution < 1.29 is 14.4 Å². The normalized spacial score (nSPS) is 20.7. The lowest BCUT2D eigenvalue weighted by molar-refractivity contribution is -0.147. The first-order valence-corrected chi connectivity index (χ1v) is 15.2. The second-order valence-corrected chi connectivity index (χ2v) is 13.0. The zero-order valence-electron chi connectivity index (χ0n) is 25.8. The summed E-state index contributed by atoms with van der Waals surface area (Å²) in [6, 6.07) is 12.8. The quantitative estimate of drug-likeness (QED) is 0.433. The van der Waals surface area contributed by atoms with Crippen molar-refractivity contribution in [3.8, 4) is 0 Å². The van der Waals surface area contributed by atoms with Crippen molar-refractivity contribution in [3.63, 3.8) is 0 Å². The summed E-state index contributed by atoms with van der Waals surface area (Å²) in [4.78, 5) is 43.1. The Bertz CT molecular complexity index is 1270. The lowest BCUT2D eigenvalue weighted by atomic mass is 9.83. The average molecular weight is 561 g/mol. The van der Waals surface area contributed by atoms with Crippen LogP contribution in [0, 0.1) is 5.41 Å². The van der Waals surface area contributed by atoms with Crippen LogP contribution in [0.15, 0.2) is 42.5 Å². The molecule has 2 aromatic carbocycles. The van der Waals surface area contributed by atoms with E-state index >= 15 is 0 Å². The van der Waals surface area contributed by atoms with E-state index in [4.69, 9.17) is 0 Å². The van der Waals surface area contributed by atoms with Gasteiger partial charge in [0.1, 0.15) is 12.1 Å². The van der Waals surface area contributed by atoms with E-state index in [1.165, 1.54) is 16.7 Å². The summed E-state index contributed by atoms with van der Waals surface area (Å²) < 4.78 is 0. The fourth-order valence-corrected chi connectivity index (χ4v) is 6.00. The highest BCUT2D eigenvalue weighted by molar-refractivity contribution is 5.94. The van der Waals surface area contributed by atoms with Crippen molar-refractivity contribution in [3.05, 3.63) is 70.3 Å². The zero-order chi connectivity index (χ0) is 29.9. The van der Waals surface area contributed by atoms with Crippen LogP contribution in [0.4, 0.5) is 0 Å². The van der Waals surface area contributed by atoms with Gasteiger partial charge in [0.15, 0.2) is 0 Å². The first-order chi connectivity index (χ1) is 19.4. The number of likely N-dealkylation sites (N-methyl/N-ethyl adjacent to an activating group) is 1. The summed E-state index contributed by atoms with van der Waals surface area (Å²) in [5, 5.41) is 9.27. The Morgan fingerprint density at radius 3 is 2.44 bits per heavy atom. The minimum atomic E-state index is -0.782. The molecule has 5 atom stereocenters.